The Kier molecular flexibility index (Phi) is 4.01. The van der Waals surface area contributed by atoms with Crippen LogP contribution >= 0.6 is 0 Å². The van der Waals surface area contributed by atoms with Gasteiger partial charge in [-0.05, 0) is 51.0 Å². The van der Waals surface area contributed by atoms with E-state index in [4.69, 9.17) is 4.74 Å². The maximum absolute atomic E-state index is 12.5. The van der Waals surface area contributed by atoms with Crippen LogP contribution in [0.5, 0.6) is 0 Å². The van der Waals surface area contributed by atoms with Crippen molar-refractivity contribution in [2.75, 3.05) is 11.9 Å². The number of hydrogen-bond donors (Lipinski definition) is 2. The highest BCUT2D eigenvalue weighted by molar-refractivity contribution is 6.05. The molecule has 7 heteroatoms. The number of carbonyl (C=O) groups is 1. The molecule has 0 unspecified atom stereocenters. The van der Waals surface area contributed by atoms with Gasteiger partial charge in [0.05, 0.1) is 0 Å². The van der Waals surface area contributed by atoms with E-state index in [9.17, 15) is 4.79 Å². The zero-order chi connectivity index (χ0) is 17.4. The van der Waals surface area contributed by atoms with Crippen molar-refractivity contribution < 1.29 is 9.53 Å². The summed E-state index contributed by atoms with van der Waals surface area (Å²) in [4.78, 5) is 16.8. The molecular formula is C18H21N5O2. The van der Waals surface area contributed by atoms with Crippen molar-refractivity contribution in [2.24, 2.45) is 0 Å². The number of aromatic nitrogens is 4. The molecule has 130 valence electrons. The molecule has 1 aliphatic rings. The normalized spacial score (nSPS) is 17.5. The van der Waals surface area contributed by atoms with E-state index in [1.807, 2.05) is 30.5 Å². The van der Waals surface area contributed by atoms with Crippen molar-refractivity contribution in [2.45, 2.75) is 38.8 Å². The first kappa shape index (κ1) is 15.8. The summed E-state index contributed by atoms with van der Waals surface area (Å²) in [6, 6.07) is 8.08. The number of amides is 1. The Morgan fingerprint density at radius 2 is 2.28 bits per heavy atom. The molecule has 2 aromatic heterocycles. The van der Waals surface area contributed by atoms with Gasteiger partial charge in [-0.1, -0.05) is 0 Å². The van der Waals surface area contributed by atoms with Crippen molar-refractivity contribution in [1.82, 2.24) is 19.7 Å². The third-order valence-electron chi connectivity index (χ3n) is 4.50. The fraction of sp³-hybridized carbons (Fsp3) is 0.389. The summed E-state index contributed by atoms with van der Waals surface area (Å²) < 4.78 is 7.74. The number of nitrogens with one attached hydrogen (secondary N) is 2. The van der Waals surface area contributed by atoms with Gasteiger partial charge >= 0.3 is 0 Å². The number of rotatable bonds is 4. The number of hydrogen-bond acceptors (Lipinski definition) is 4. The molecule has 1 aromatic carbocycles. The standard InChI is InChI=1S/C18H21N5O2/c1-11(2)23-8-7-12-10-13(5-6-14(12)23)17(24)20-18-19-16(21-22-18)15-4-3-9-25-15/h5-8,10-11,15H,3-4,9H2,1-2H3,(H2,19,20,21,22,24)/t15-/m1/s1. The monoisotopic (exact) mass is 339 g/mol. The number of anilines is 1. The van der Waals surface area contributed by atoms with Crippen LogP contribution in [0.25, 0.3) is 10.9 Å². The second kappa shape index (κ2) is 6.33. The molecular weight excluding hydrogens is 318 g/mol. The minimum absolute atomic E-state index is 0.0506. The van der Waals surface area contributed by atoms with Gasteiger partial charge in [0.15, 0.2) is 5.82 Å². The molecule has 25 heavy (non-hydrogen) atoms. The third-order valence-corrected chi connectivity index (χ3v) is 4.50. The zero-order valence-electron chi connectivity index (χ0n) is 14.3. The second-order valence-corrected chi connectivity index (χ2v) is 6.59. The topological polar surface area (TPSA) is 84.8 Å². The molecule has 7 nitrogen and oxygen atoms in total. The van der Waals surface area contributed by atoms with E-state index in [1.54, 1.807) is 0 Å². The van der Waals surface area contributed by atoms with Crippen LogP contribution in [0.15, 0.2) is 30.5 Å². The lowest BCUT2D eigenvalue weighted by Crippen LogP contribution is -2.13. The second-order valence-electron chi connectivity index (χ2n) is 6.59. The summed E-state index contributed by atoms with van der Waals surface area (Å²) in [7, 11) is 0. The van der Waals surface area contributed by atoms with Crippen molar-refractivity contribution in [3.8, 4) is 0 Å². The van der Waals surface area contributed by atoms with Gasteiger partial charge in [0.2, 0.25) is 5.95 Å². The van der Waals surface area contributed by atoms with E-state index in [-0.39, 0.29) is 18.0 Å². The summed E-state index contributed by atoms with van der Waals surface area (Å²) in [5, 5.41) is 10.7. The minimum Gasteiger partial charge on any atom is -0.370 e. The zero-order valence-corrected chi connectivity index (χ0v) is 14.3. The van der Waals surface area contributed by atoms with E-state index >= 15 is 0 Å². The Morgan fingerprint density at radius 3 is 3.04 bits per heavy atom. The number of fused-ring (bicyclic) bond motifs is 1. The van der Waals surface area contributed by atoms with Gasteiger partial charge in [0.1, 0.15) is 6.10 Å². The average molecular weight is 339 g/mol. The van der Waals surface area contributed by atoms with Gasteiger partial charge in [0.25, 0.3) is 5.91 Å². The molecule has 2 N–H and O–H groups in total. The smallest absolute Gasteiger partial charge is 0.258 e. The Labute approximate surface area is 145 Å². The number of aromatic amines is 1. The first-order chi connectivity index (χ1) is 12.1. The summed E-state index contributed by atoms with van der Waals surface area (Å²) in [5.74, 6) is 0.713. The van der Waals surface area contributed by atoms with E-state index in [0.717, 1.165) is 30.4 Å². The van der Waals surface area contributed by atoms with Gasteiger partial charge in [-0.15, -0.1) is 5.10 Å². The maximum Gasteiger partial charge on any atom is 0.258 e. The average Bonchev–Trinajstić information content (AvgIpc) is 3.33. The van der Waals surface area contributed by atoms with Crippen LogP contribution in [0, 0.1) is 0 Å². The quantitative estimate of drug-likeness (QED) is 0.762. The first-order valence-corrected chi connectivity index (χ1v) is 8.57. The van der Waals surface area contributed by atoms with Crippen molar-refractivity contribution in [3.63, 3.8) is 0 Å². The summed E-state index contributed by atoms with van der Waals surface area (Å²) >= 11 is 0. The van der Waals surface area contributed by atoms with Crippen LogP contribution in [-0.2, 0) is 4.74 Å². The number of ether oxygens (including phenoxy) is 1. The highest BCUT2D eigenvalue weighted by Crippen LogP contribution is 2.26. The Bertz CT molecular complexity index is 905. The first-order valence-electron chi connectivity index (χ1n) is 8.57. The molecule has 4 rings (SSSR count). The molecule has 1 fully saturated rings. The molecule has 1 atom stereocenters. The van der Waals surface area contributed by atoms with E-state index in [2.05, 4.69) is 38.9 Å². The Hall–Kier alpha value is -2.67. The van der Waals surface area contributed by atoms with Gasteiger partial charge < -0.3 is 9.30 Å². The van der Waals surface area contributed by atoms with Crippen LogP contribution in [0.3, 0.4) is 0 Å². The third kappa shape index (κ3) is 3.02. The van der Waals surface area contributed by atoms with Gasteiger partial charge in [0, 0.05) is 35.3 Å². The molecule has 0 radical (unpaired) electrons. The molecule has 0 aliphatic carbocycles. The molecule has 3 heterocycles. The molecule has 1 saturated heterocycles. The molecule has 1 aliphatic heterocycles. The lowest BCUT2D eigenvalue weighted by molar-refractivity contribution is 0.102. The van der Waals surface area contributed by atoms with Crippen molar-refractivity contribution in [3.05, 3.63) is 41.9 Å². The Balaban J connectivity index is 1.52. The van der Waals surface area contributed by atoms with Crippen LogP contribution in [0.1, 0.15) is 55.0 Å². The highest BCUT2D eigenvalue weighted by atomic mass is 16.5. The molecule has 0 spiro atoms. The number of H-pyrrole nitrogens is 1. The Morgan fingerprint density at radius 1 is 1.40 bits per heavy atom. The summed E-state index contributed by atoms with van der Waals surface area (Å²) in [5.41, 5.74) is 1.70. The van der Waals surface area contributed by atoms with Crippen LogP contribution in [-0.4, -0.2) is 32.3 Å². The highest BCUT2D eigenvalue weighted by Gasteiger charge is 2.22. The lowest BCUT2D eigenvalue weighted by Gasteiger charge is -2.09. The fourth-order valence-electron chi connectivity index (χ4n) is 3.20. The minimum atomic E-state index is -0.225. The number of carbonyl (C=O) groups excluding carboxylic acids is 1. The maximum atomic E-state index is 12.5. The lowest BCUT2D eigenvalue weighted by atomic mass is 10.1. The molecule has 3 aromatic rings. The fourth-order valence-corrected chi connectivity index (χ4v) is 3.20. The van der Waals surface area contributed by atoms with Crippen LogP contribution in [0.4, 0.5) is 5.95 Å². The van der Waals surface area contributed by atoms with Gasteiger partial charge in [-0.2, -0.15) is 4.98 Å². The summed E-state index contributed by atoms with van der Waals surface area (Å²) in [6.07, 6.45) is 3.93. The number of nitrogens with zero attached hydrogens (tertiary/aromatic N) is 3. The van der Waals surface area contributed by atoms with E-state index < -0.39 is 0 Å². The van der Waals surface area contributed by atoms with Gasteiger partial charge in [-0.3, -0.25) is 15.2 Å². The SMILES string of the molecule is CC(C)n1ccc2cc(C(=O)Nc3n[nH]c([C@H]4CCCO4)n3)ccc21. The van der Waals surface area contributed by atoms with E-state index in [0.29, 0.717) is 17.4 Å². The predicted octanol–water partition coefficient (Wildman–Crippen LogP) is 3.44. The van der Waals surface area contributed by atoms with Crippen molar-refractivity contribution in [1.29, 1.82) is 0 Å². The van der Waals surface area contributed by atoms with Crippen molar-refractivity contribution >= 4 is 22.8 Å². The number of benzene rings is 1. The predicted molar refractivity (Wildman–Crippen MR) is 94.6 cm³/mol. The van der Waals surface area contributed by atoms with Crippen LogP contribution in [0.2, 0.25) is 0 Å². The summed E-state index contributed by atoms with van der Waals surface area (Å²) in [6.45, 7) is 5.01. The molecule has 0 bridgehead atoms. The molecule has 0 saturated carbocycles. The largest absolute Gasteiger partial charge is 0.370 e. The van der Waals surface area contributed by atoms with E-state index in [1.165, 1.54) is 0 Å². The van der Waals surface area contributed by atoms with Crippen LogP contribution < -0.4 is 5.32 Å². The molecule has 1 amide bonds. The van der Waals surface area contributed by atoms with Gasteiger partial charge in [-0.25, -0.2) is 0 Å².